The van der Waals surface area contributed by atoms with Crippen LogP contribution in [0.15, 0.2) is 18.2 Å². The van der Waals surface area contributed by atoms with Gasteiger partial charge in [0.1, 0.15) is 0 Å². The second-order valence-electron chi connectivity index (χ2n) is 4.60. The van der Waals surface area contributed by atoms with Gasteiger partial charge in [0.25, 0.3) is 0 Å². The van der Waals surface area contributed by atoms with E-state index >= 15 is 0 Å². The molecule has 21 heavy (non-hydrogen) atoms. The number of nitrogens with zero attached hydrogens (tertiary/aromatic N) is 1. The second kappa shape index (κ2) is 8.61. The van der Waals surface area contributed by atoms with Gasteiger partial charge < -0.3 is 15.2 Å². The second-order valence-corrected chi connectivity index (χ2v) is 5.04. The van der Waals surface area contributed by atoms with Crippen LogP contribution < -0.4 is 5.32 Å². The maximum atomic E-state index is 12.0. The maximum Gasteiger partial charge on any atom is 0.317 e. The van der Waals surface area contributed by atoms with Crippen molar-refractivity contribution in [1.82, 2.24) is 4.90 Å². The Bertz CT molecular complexity index is 508. The molecule has 0 fully saturated rings. The standard InChI is InChI=1S/C14H19ClN2O4/c1-10-7-11(15)3-4-12(10)16-13(18)8-17(5-6-21-2)9-14(19)20/h3-4,7H,5-6,8-9H2,1-2H3,(H,16,18)(H,19,20). The molecule has 0 aliphatic carbocycles. The van der Waals surface area contributed by atoms with Gasteiger partial charge in [0.2, 0.25) is 5.91 Å². The molecule has 1 amide bonds. The van der Waals surface area contributed by atoms with Crippen molar-refractivity contribution in [1.29, 1.82) is 0 Å². The zero-order chi connectivity index (χ0) is 15.8. The summed E-state index contributed by atoms with van der Waals surface area (Å²) in [5.74, 6) is -1.26. The lowest BCUT2D eigenvalue weighted by Crippen LogP contribution is -2.38. The fourth-order valence-corrected chi connectivity index (χ4v) is 2.01. The Balaban J connectivity index is 2.61. The van der Waals surface area contributed by atoms with E-state index in [1.807, 2.05) is 6.92 Å². The summed E-state index contributed by atoms with van der Waals surface area (Å²) in [7, 11) is 1.52. The first-order chi connectivity index (χ1) is 9.92. The maximum absolute atomic E-state index is 12.0. The SMILES string of the molecule is COCCN(CC(=O)O)CC(=O)Nc1ccc(Cl)cc1C. The topological polar surface area (TPSA) is 78.9 Å². The van der Waals surface area contributed by atoms with Crippen LogP contribution in [0, 0.1) is 6.92 Å². The number of halogens is 1. The van der Waals surface area contributed by atoms with Crippen LogP contribution in [0.3, 0.4) is 0 Å². The number of amides is 1. The predicted molar refractivity (Wildman–Crippen MR) is 80.8 cm³/mol. The molecule has 0 radical (unpaired) electrons. The lowest BCUT2D eigenvalue weighted by atomic mass is 10.2. The van der Waals surface area contributed by atoms with Crippen LogP contribution >= 0.6 is 11.6 Å². The van der Waals surface area contributed by atoms with E-state index in [0.29, 0.717) is 23.9 Å². The molecular weight excluding hydrogens is 296 g/mol. The van der Waals surface area contributed by atoms with Crippen LogP contribution in [0.1, 0.15) is 5.56 Å². The molecule has 0 spiro atoms. The summed E-state index contributed by atoms with van der Waals surface area (Å²) in [5.41, 5.74) is 1.50. The van der Waals surface area contributed by atoms with Crippen molar-refractivity contribution in [2.45, 2.75) is 6.92 Å². The predicted octanol–water partition coefficient (Wildman–Crippen LogP) is 1.62. The Morgan fingerprint density at radius 3 is 2.67 bits per heavy atom. The first-order valence-electron chi connectivity index (χ1n) is 6.41. The Labute approximate surface area is 128 Å². The zero-order valence-corrected chi connectivity index (χ0v) is 12.8. The smallest absolute Gasteiger partial charge is 0.317 e. The van der Waals surface area contributed by atoms with Crippen molar-refractivity contribution in [2.75, 3.05) is 38.7 Å². The molecule has 6 nitrogen and oxygen atoms in total. The van der Waals surface area contributed by atoms with Crippen molar-refractivity contribution in [3.05, 3.63) is 28.8 Å². The van der Waals surface area contributed by atoms with Gasteiger partial charge in [-0.15, -0.1) is 0 Å². The van der Waals surface area contributed by atoms with Crippen LogP contribution in [0.4, 0.5) is 5.69 Å². The molecule has 0 aliphatic heterocycles. The molecular formula is C14H19ClN2O4. The number of carbonyl (C=O) groups excluding carboxylic acids is 1. The molecule has 1 aromatic carbocycles. The molecule has 0 aromatic heterocycles. The van der Waals surface area contributed by atoms with Crippen molar-refractivity contribution in [2.24, 2.45) is 0 Å². The van der Waals surface area contributed by atoms with Crippen LogP contribution in [0.25, 0.3) is 0 Å². The van der Waals surface area contributed by atoms with Crippen molar-refractivity contribution in [3.8, 4) is 0 Å². The minimum atomic E-state index is -0.985. The van der Waals surface area contributed by atoms with Crippen LogP contribution in [0.2, 0.25) is 5.02 Å². The summed E-state index contributed by atoms with van der Waals surface area (Å²) in [4.78, 5) is 24.3. The van der Waals surface area contributed by atoms with Gasteiger partial charge in [0.15, 0.2) is 0 Å². The molecule has 1 rings (SSSR count). The molecule has 0 saturated heterocycles. The third-order valence-corrected chi connectivity index (χ3v) is 3.04. The molecule has 0 heterocycles. The lowest BCUT2D eigenvalue weighted by molar-refractivity contribution is -0.138. The summed E-state index contributed by atoms with van der Waals surface area (Å²) < 4.78 is 4.91. The average Bonchev–Trinajstić information content (AvgIpc) is 2.38. The number of carboxylic acid groups (broad SMARTS) is 1. The fourth-order valence-electron chi connectivity index (χ4n) is 1.79. The molecule has 0 bridgehead atoms. The summed E-state index contributed by atoms with van der Waals surface area (Å²) in [6, 6.07) is 5.15. The number of carbonyl (C=O) groups is 2. The molecule has 0 aliphatic rings. The molecule has 0 atom stereocenters. The van der Waals surface area contributed by atoms with Gasteiger partial charge in [0, 0.05) is 24.4 Å². The van der Waals surface area contributed by atoms with Gasteiger partial charge >= 0.3 is 5.97 Å². The first kappa shape index (κ1) is 17.4. The van der Waals surface area contributed by atoms with E-state index in [-0.39, 0.29) is 19.0 Å². The monoisotopic (exact) mass is 314 g/mol. The van der Waals surface area contributed by atoms with Crippen LogP contribution in [-0.2, 0) is 14.3 Å². The third kappa shape index (κ3) is 6.57. The normalized spacial score (nSPS) is 10.7. The largest absolute Gasteiger partial charge is 0.480 e. The minimum absolute atomic E-state index is 0.0161. The van der Waals surface area contributed by atoms with Gasteiger partial charge in [-0.25, -0.2) is 0 Å². The van der Waals surface area contributed by atoms with E-state index in [0.717, 1.165) is 5.56 Å². The van der Waals surface area contributed by atoms with Crippen molar-refractivity contribution in [3.63, 3.8) is 0 Å². The summed E-state index contributed by atoms with van der Waals surface area (Å²) in [6.45, 7) is 2.34. The van der Waals surface area contributed by atoms with E-state index < -0.39 is 5.97 Å². The highest BCUT2D eigenvalue weighted by molar-refractivity contribution is 6.30. The van der Waals surface area contributed by atoms with Gasteiger partial charge in [-0.1, -0.05) is 11.6 Å². The van der Waals surface area contributed by atoms with Crippen molar-refractivity contribution >= 4 is 29.2 Å². The lowest BCUT2D eigenvalue weighted by Gasteiger charge is -2.19. The van der Waals surface area contributed by atoms with Crippen molar-refractivity contribution < 1.29 is 19.4 Å². The van der Waals surface area contributed by atoms with E-state index in [4.69, 9.17) is 21.4 Å². The van der Waals surface area contributed by atoms with Crippen LogP contribution in [0.5, 0.6) is 0 Å². The zero-order valence-electron chi connectivity index (χ0n) is 12.1. The number of hydrogen-bond acceptors (Lipinski definition) is 4. The van der Waals surface area contributed by atoms with Gasteiger partial charge in [0.05, 0.1) is 19.7 Å². The van der Waals surface area contributed by atoms with Gasteiger partial charge in [-0.3, -0.25) is 14.5 Å². The van der Waals surface area contributed by atoms with Gasteiger partial charge in [-0.05, 0) is 30.7 Å². The summed E-state index contributed by atoms with van der Waals surface area (Å²) in [6.07, 6.45) is 0. The highest BCUT2D eigenvalue weighted by Crippen LogP contribution is 2.19. The molecule has 1 aromatic rings. The summed E-state index contributed by atoms with van der Waals surface area (Å²) in [5, 5.41) is 12.2. The number of aliphatic carboxylic acids is 1. The Morgan fingerprint density at radius 2 is 2.10 bits per heavy atom. The number of nitrogens with one attached hydrogen (secondary N) is 1. The third-order valence-electron chi connectivity index (χ3n) is 2.80. The number of hydrogen-bond donors (Lipinski definition) is 2. The van der Waals surface area contributed by atoms with E-state index in [1.165, 1.54) is 12.0 Å². The highest BCUT2D eigenvalue weighted by Gasteiger charge is 2.14. The molecule has 116 valence electrons. The van der Waals surface area contributed by atoms with E-state index in [9.17, 15) is 9.59 Å². The molecule has 2 N–H and O–H groups in total. The number of benzene rings is 1. The number of ether oxygens (including phenoxy) is 1. The fraction of sp³-hybridized carbons (Fsp3) is 0.429. The van der Waals surface area contributed by atoms with Crippen LogP contribution in [-0.4, -0.2) is 55.2 Å². The first-order valence-corrected chi connectivity index (χ1v) is 6.79. The molecule has 7 heteroatoms. The Kier molecular flexibility index (Phi) is 7.14. The number of anilines is 1. The number of methoxy groups -OCH3 is 1. The quantitative estimate of drug-likeness (QED) is 0.762. The van der Waals surface area contributed by atoms with Gasteiger partial charge in [-0.2, -0.15) is 0 Å². The highest BCUT2D eigenvalue weighted by atomic mass is 35.5. The van der Waals surface area contributed by atoms with E-state index in [2.05, 4.69) is 5.32 Å². The number of rotatable bonds is 8. The molecule has 0 saturated carbocycles. The summed E-state index contributed by atoms with van der Waals surface area (Å²) >= 11 is 5.85. The minimum Gasteiger partial charge on any atom is -0.480 e. The van der Waals surface area contributed by atoms with E-state index in [1.54, 1.807) is 18.2 Å². The number of aryl methyl sites for hydroxylation is 1. The molecule has 0 unspecified atom stereocenters. The number of carboxylic acids is 1. The Morgan fingerprint density at radius 1 is 1.38 bits per heavy atom. The Hall–Kier alpha value is -1.63. The average molecular weight is 315 g/mol.